The number of nitrogens with one attached hydrogen (secondary N) is 1. The minimum Gasteiger partial charge on any atom is -0.378 e. The van der Waals surface area contributed by atoms with E-state index < -0.39 is 0 Å². The molecule has 1 aromatic carbocycles. The number of rotatable bonds is 5. The molecule has 0 saturated heterocycles. The lowest BCUT2D eigenvalue weighted by Crippen LogP contribution is -2.06. The predicted molar refractivity (Wildman–Crippen MR) is 76.7 cm³/mol. The third-order valence-corrected chi connectivity index (χ3v) is 3.06. The number of hydrogen-bond donors (Lipinski definition) is 1. The minimum absolute atomic E-state index is 0.274. The standard InChI is InChI=1S/C16H20N2/c1-3-5-14-7-9-16(10-8-14)18-13(2)15-6-4-11-17-12-15/h4,6-13,18H,3,5H2,1-2H3. The molecule has 94 valence electrons. The van der Waals surface area contributed by atoms with Crippen LogP contribution in [0, 0.1) is 0 Å². The Morgan fingerprint density at radius 3 is 2.56 bits per heavy atom. The number of aromatic nitrogens is 1. The molecule has 0 saturated carbocycles. The topological polar surface area (TPSA) is 24.9 Å². The summed E-state index contributed by atoms with van der Waals surface area (Å²) in [5.74, 6) is 0. The molecule has 1 unspecified atom stereocenters. The van der Waals surface area contributed by atoms with Gasteiger partial charge in [0.1, 0.15) is 0 Å². The smallest absolute Gasteiger partial charge is 0.0500 e. The van der Waals surface area contributed by atoms with Gasteiger partial charge in [0.05, 0.1) is 6.04 Å². The largest absolute Gasteiger partial charge is 0.378 e. The molecule has 2 heteroatoms. The van der Waals surface area contributed by atoms with Crippen LogP contribution in [0.5, 0.6) is 0 Å². The zero-order valence-corrected chi connectivity index (χ0v) is 11.1. The maximum absolute atomic E-state index is 4.15. The van der Waals surface area contributed by atoms with Gasteiger partial charge in [0.2, 0.25) is 0 Å². The van der Waals surface area contributed by atoms with Crippen molar-refractivity contribution in [1.29, 1.82) is 0 Å². The van der Waals surface area contributed by atoms with Crippen LogP contribution in [0.2, 0.25) is 0 Å². The zero-order chi connectivity index (χ0) is 12.8. The van der Waals surface area contributed by atoms with Crippen molar-refractivity contribution < 1.29 is 0 Å². The first-order valence-electron chi connectivity index (χ1n) is 6.55. The van der Waals surface area contributed by atoms with E-state index in [1.807, 2.05) is 12.3 Å². The van der Waals surface area contributed by atoms with Crippen LogP contribution in [-0.4, -0.2) is 4.98 Å². The third kappa shape index (κ3) is 3.33. The van der Waals surface area contributed by atoms with Gasteiger partial charge in [-0.25, -0.2) is 0 Å². The van der Waals surface area contributed by atoms with Crippen molar-refractivity contribution >= 4 is 5.69 Å². The summed E-state index contributed by atoms with van der Waals surface area (Å²) in [7, 11) is 0. The summed E-state index contributed by atoms with van der Waals surface area (Å²) in [5.41, 5.74) is 3.76. The molecule has 0 aliphatic rings. The number of anilines is 1. The van der Waals surface area contributed by atoms with Crippen LogP contribution in [0.3, 0.4) is 0 Å². The Morgan fingerprint density at radius 2 is 1.94 bits per heavy atom. The van der Waals surface area contributed by atoms with E-state index in [1.54, 1.807) is 6.20 Å². The molecule has 2 nitrogen and oxygen atoms in total. The predicted octanol–water partition coefficient (Wildman–Crippen LogP) is 4.21. The molecule has 0 fully saturated rings. The number of nitrogens with zero attached hydrogens (tertiary/aromatic N) is 1. The fraction of sp³-hybridized carbons (Fsp3) is 0.312. The van der Waals surface area contributed by atoms with Crippen molar-refractivity contribution in [3.05, 3.63) is 59.9 Å². The summed E-state index contributed by atoms with van der Waals surface area (Å²) in [4.78, 5) is 4.15. The quantitative estimate of drug-likeness (QED) is 0.847. The van der Waals surface area contributed by atoms with Gasteiger partial charge in [-0.1, -0.05) is 31.5 Å². The lowest BCUT2D eigenvalue weighted by Gasteiger charge is -2.15. The lowest BCUT2D eigenvalue weighted by molar-refractivity contribution is 0.874. The van der Waals surface area contributed by atoms with Crippen molar-refractivity contribution in [3.8, 4) is 0 Å². The number of benzene rings is 1. The van der Waals surface area contributed by atoms with E-state index in [-0.39, 0.29) is 6.04 Å². The average molecular weight is 240 g/mol. The molecule has 18 heavy (non-hydrogen) atoms. The maximum atomic E-state index is 4.15. The molecule has 0 aliphatic carbocycles. The van der Waals surface area contributed by atoms with Crippen LogP contribution >= 0.6 is 0 Å². The summed E-state index contributed by atoms with van der Waals surface area (Å²) in [6, 6.07) is 13.0. The SMILES string of the molecule is CCCc1ccc(NC(C)c2cccnc2)cc1. The van der Waals surface area contributed by atoms with Gasteiger partial charge >= 0.3 is 0 Å². The van der Waals surface area contributed by atoms with Gasteiger partial charge in [0.15, 0.2) is 0 Å². The molecule has 0 amide bonds. The molecule has 1 atom stereocenters. The molecule has 2 aromatic rings. The molecular weight excluding hydrogens is 220 g/mol. The fourth-order valence-electron chi connectivity index (χ4n) is 2.02. The number of pyridine rings is 1. The van der Waals surface area contributed by atoms with Crippen molar-refractivity contribution in [2.75, 3.05) is 5.32 Å². The summed E-state index contributed by atoms with van der Waals surface area (Å²) in [6.07, 6.45) is 6.05. The Balaban J connectivity index is 2.01. The Labute approximate surface area is 109 Å². The first kappa shape index (κ1) is 12.6. The normalized spacial score (nSPS) is 12.1. The van der Waals surface area contributed by atoms with Crippen LogP contribution in [0.15, 0.2) is 48.8 Å². The van der Waals surface area contributed by atoms with E-state index in [0.717, 1.165) is 12.1 Å². The third-order valence-electron chi connectivity index (χ3n) is 3.06. The van der Waals surface area contributed by atoms with E-state index >= 15 is 0 Å². The Kier molecular flexibility index (Phi) is 4.35. The van der Waals surface area contributed by atoms with Crippen molar-refractivity contribution in [3.63, 3.8) is 0 Å². The minimum atomic E-state index is 0.274. The van der Waals surface area contributed by atoms with E-state index in [4.69, 9.17) is 0 Å². The molecule has 1 N–H and O–H groups in total. The molecule has 2 rings (SSSR count). The number of hydrogen-bond acceptors (Lipinski definition) is 2. The summed E-state index contributed by atoms with van der Waals surface area (Å²) < 4.78 is 0. The van der Waals surface area contributed by atoms with Crippen LogP contribution < -0.4 is 5.32 Å². The van der Waals surface area contributed by atoms with E-state index in [9.17, 15) is 0 Å². The van der Waals surface area contributed by atoms with Gasteiger partial charge in [-0.05, 0) is 42.7 Å². The van der Waals surface area contributed by atoms with Gasteiger partial charge in [0, 0.05) is 18.1 Å². The Morgan fingerprint density at radius 1 is 1.17 bits per heavy atom. The second kappa shape index (κ2) is 6.20. The molecule has 1 aromatic heterocycles. The lowest BCUT2D eigenvalue weighted by atomic mass is 10.1. The van der Waals surface area contributed by atoms with Crippen molar-refractivity contribution in [2.24, 2.45) is 0 Å². The molecule has 0 spiro atoms. The molecule has 0 radical (unpaired) electrons. The molecule has 0 aliphatic heterocycles. The van der Waals surface area contributed by atoms with Crippen LogP contribution in [0.1, 0.15) is 37.4 Å². The summed E-state index contributed by atoms with van der Waals surface area (Å²) in [5, 5.41) is 3.49. The maximum Gasteiger partial charge on any atom is 0.0500 e. The highest BCUT2D eigenvalue weighted by atomic mass is 14.9. The van der Waals surface area contributed by atoms with Gasteiger partial charge in [-0.15, -0.1) is 0 Å². The van der Waals surface area contributed by atoms with E-state index in [2.05, 4.69) is 54.5 Å². The van der Waals surface area contributed by atoms with E-state index in [0.29, 0.717) is 0 Å². The molecule has 0 bridgehead atoms. The summed E-state index contributed by atoms with van der Waals surface area (Å²) in [6.45, 7) is 4.35. The van der Waals surface area contributed by atoms with Gasteiger partial charge in [0.25, 0.3) is 0 Å². The van der Waals surface area contributed by atoms with Crippen LogP contribution in [0.25, 0.3) is 0 Å². The van der Waals surface area contributed by atoms with Crippen LogP contribution in [-0.2, 0) is 6.42 Å². The summed E-state index contributed by atoms with van der Waals surface area (Å²) >= 11 is 0. The first-order valence-corrected chi connectivity index (χ1v) is 6.55. The van der Waals surface area contributed by atoms with E-state index in [1.165, 1.54) is 17.5 Å². The zero-order valence-electron chi connectivity index (χ0n) is 11.1. The highest BCUT2D eigenvalue weighted by Crippen LogP contribution is 2.19. The van der Waals surface area contributed by atoms with Gasteiger partial charge < -0.3 is 5.32 Å². The Bertz CT molecular complexity index is 462. The Hall–Kier alpha value is -1.83. The monoisotopic (exact) mass is 240 g/mol. The van der Waals surface area contributed by atoms with Crippen molar-refractivity contribution in [2.45, 2.75) is 32.7 Å². The number of aryl methyl sites for hydroxylation is 1. The fourth-order valence-corrected chi connectivity index (χ4v) is 2.02. The molecular formula is C16H20N2. The second-order valence-electron chi connectivity index (χ2n) is 4.60. The van der Waals surface area contributed by atoms with Gasteiger partial charge in [-0.2, -0.15) is 0 Å². The first-order chi connectivity index (χ1) is 8.79. The molecule has 1 heterocycles. The highest BCUT2D eigenvalue weighted by molar-refractivity contribution is 5.46. The van der Waals surface area contributed by atoms with Crippen molar-refractivity contribution in [1.82, 2.24) is 4.98 Å². The van der Waals surface area contributed by atoms with Gasteiger partial charge in [-0.3, -0.25) is 4.98 Å². The highest BCUT2D eigenvalue weighted by Gasteiger charge is 2.04. The van der Waals surface area contributed by atoms with Crippen LogP contribution in [0.4, 0.5) is 5.69 Å². The average Bonchev–Trinajstić information content (AvgIpc) is 2.42. The second-order valence-corrected chi connectivity index (χ2v) is 4.60.